The third kappa shape index (κ3) is 1.96. The molecule has 3 atom stereocenters. The van der Waals surface area contributed by atoms with Crippen LogP contribution in [0.25, 0.3) is 0 Å². The van der Waals surface area contributed by atoms with Crippen LogP contribution in [0.2, 0.25) is 0 Å². The second-order valence-electron chi connectivity index (χ2n) is 6.45. The van der Waals surface area contributed by atoms with Crippen molar-refractivity contribution in [2.24, 2.45) is 11.8 Å². The Hall–Kier alpha value is -0.160. The highest BCUT2D eigenvalue weighted by Gasteiger charge is 2.58. The monoisotopic (exact) mass is 267 g/mol. The summed E-state index contributed by atoms with van der Waals surface area (Å²) in [5.74, 6) is 1.01. The Kier molecular flexibility index (Phi) is 3.30. The fourth-order valence-electron chi connectivity index (χ4n) is 4.91. The van der Waals surface area contributed by atoms with E-state index in [4.69, 9.17) is 14.2 Å². The molecule has 0 aromatic carbocycles. The van der Waals surface area contributed by atoms with Crippen LogP contribution >= 0.6 is 0 Å². The molecule has 4 fully saturated rings. The van der Waals surface area contributed by atoms with Crippen molar-refractivity contribution in [3.63, 3.8) is 0 Å². The van der Waals surface area contributed by atoms with Crippen LogP contribution in [0.3, 0.4) is 0 Å². The average Bonchev–Trinajstić information content (AvgIpc) is 2.89. The minimum absolute atomic E-state index is 0.223. The van der Waals surface area contributed by atoms with Gasteiger partial charge in [0.1, 0.15) is 0 Å². The van der Waals surface area contributed by atoms with Crippen LogP contribution in [0.5, 0.6) is 0 Å². The van der Waals surface area contributed by atoms with Gasteiger partial charge in [0.25, 0.3) is 0 Å². The maximum atomic E-state index is 6.19. The largest absolute Gasteiger partial charge is 0.379 e. The van der Waals surface area contributed by atoms with Gasteiger partial charge in [-0.15, -0.1) is 0 Å². The first-order valence-corrected chi connectivity index (χ1v) is 8.00. The number of ether oxygens (including phenoxy) is 3. The van der Waals surface area contributed by atoms with Crippen LogP contribution in [0.4, 0.5) is 0 Å². The van der Waals surface area contributed by atoms with Gasteiger partial charge >= 0.3 is 0 Å². The SMILES string of the molecule is C1CC2CCC(N3CCOCC3)C(C1)C21OCCO1. The molecule has 4 rings (SSSR count). The van der Waals surface area contributed by atoms with E-state index in [0.717, 1.165) is 39.5 Å². The van der Waals surface area contributed by atoms with Crippen molar-refractivity contribution < 1.29 is 14.2 Å². The van der Waals surface area contributed by atoms with Crippen molar-refractivity contribution in [3.05, 3.63) is 0 Å². The third-order valence-electron chi connectivity index (χ3n) is 5.68. The number of nitrogens with zero attached hydrogens (tertiary/aromatic N) is 1. The number of morpholine rings is 1. The summed E-state index contributed by atoms with van der Waals surface area (Å²) in [6.45, 7) is 5.54. The summed E-state index contributed by atoms with van der Waals surface area (Å²) < 4.78 is 17.9. The van der Waals surface area contributed by atoms with Crippen molar-refractivity contribution in [1.29, 1.82) is 0 Å². The highest BCUT2D eigenvalue weighted by atomic mass is 16.7. The van der Waals surface area contributed by atoms with E-state index in [1.165, 1.54) is 32.1 Å². The first kappa shape index (κ1) is 12.6. The molecule has 2 saturated heterocycles. The lowest BCUT2D eigenvalue weighted by Gasteiger charge is -2.55. The van der Waals surface area contributed by atoms with E-state index in [2.05, 4.69) is 4.90 Å². The van der Waals surface area contributed by atoms with Crippen LogP contribution in [0, 0.1) is 11.8 Å². The van der Waals surface area contributed by atoms with Gasteiger partial charge in [0, 0.05) is 31.0 Å². The Morgan fingerprint density at radius 3 is 2.42 bits per heavy atom. The van der Waals surface area contributed by atoms with E-state index in [1.807, 2.05) is 0 Å². The summed E-state index contributed by atoms with van der Waals surface area (Å²) in [6.07, 6.45) is 6.53. The van der Waals surface area contributed by atoms with Gasteiger partial charge in [-0.1, -0.05) is 6.42 Å². The second-order valence-corrected chi connectivity index (χ2v) is 6.45. The first-order chi connectivity index (χ1) is 9.40. The average molecular weight is 267 g/mol. The lowest BCUT2D eigenvalue weighted by atomic mass is 9.64. The van der Waals surface area contributed by atoms with Crippen LogP contribution in [0.1, 0.15) is 32.1 Å². The highest BCUT2D eigenvalue weighted by Crippen LogP contribution is 2.52. The van der Waals surface area contributed by atoms with E-state index >= 15 is 0 Å². The molecule has 4 aliphatic rings. The topological polar surface area (TPSA) is 30.9 Å². The van der Waals surface area contributed by atoms with Gasteiger partial charge in [-0.2, -0.15) is 0 Å². The molecule has 2 saturated carbocycles. The Morgan fingerprint density at radius 1 is 0.842 bits per heavy atom. The Labute approximate surface area is 115 Å². The molecule has 2 bridgehead atoms. The zero-order valence-electron chi connectivity index (χ0n) is 11.7. The number of hydrogen-bond donors (Lipinski definition) is 0. The van der Waals surface area contributed by atoms with Crippen molar-refractivity contribution in [2.75, 3.05) is 39.5 Å². The zero-order chi connectivity index (χ0) is 12.7. The fourth-order valence-corrected chi connectivity index (χ4v) is 4.91. The zero-order valence-corrected chi connectivity index (χ0v) is 11.7. The van der Waals surface area contributed by atoms with E-state index < -0.39 is 0 Å². The summed E-state index contributed by atoms with van der Waals surface area (Å²) >= 11 is 0. The van der Waals surface area contributed by atoms with Gasteiger partial charge in [0.15, 0.2) is 5.79 Å². The van der Waals surface area contributed by atoms with Gasteiger partial charge in [-0.05, 0) is 25.7 Å². The van der Waals surface area contributed by atoms with Crippen LogP contribution < -0.4 is 0 Å². The Bertz CT molecular complexity index is 323. The molecule has 1 spiro atoms. The Morgan fingerprint density at radius 2 is 1.63 bits per heavy atom. The van der Waals surface area contributed by atoms with Crippen LogP contribution in [-0.2, 0) is 14.2 Å². The second kappa shape index (κ2) is 4.99. The Balaban J connectivity index is 1.59. The molecule has 2 aliphatic carbocycles. The van der Waals surface area contributed by atoms with E-state index in [0.29, 0.717) is 17.9 Å². The fraction of sp³-hybridized carbons (Fsp3) is 1.00. The minimum atomic E-state index is -0.223. The summed E-state index contributed by atoms with van der Waals surface area (Å²) in [6, 6.07) is 0.651. The molecule has 0 amide bonds. The molecule has 0 N–H and O–H groups in total. The molecule has 0 radical (unpaired) electrons. The molecular formula is C15H25NO3. The van der Waals surface area contributed by atoms with Crippen molar-refractivity contribution >= 4 is 0 Å². The van der Waals surface area contributed by atoms with Gasteiger partial charge in [-0.25, -0.2) is 0 Å². The van der Waals surface area contributed by atoms with Crippen molar-refractivity contribution in [3.8, 4) is 0 Å². The molecule has 0 aromatic heterocycles. The van der Waals surface area contributed by atoms with Gasteiger partial charge in [-0.3, -0.25) is 4.90 Å². The third-order valence-corrected chi connectivity index (χ3v) is 5.68. The number of rotatable bonds is 1. The van der Waals surface area contributed by atoms with Gasteiger partial charge < -0.3 is 14.2 Å². The summed E-state index contributed by atoms with van der Waals surface area (Å²) in [4.78, 5) is 2.64. The van der Waals surface area contributed by atoms with E-state index in [9.17, 15) is 0 Å². The smallest absolute Gasteiger partial charge is 0.175 e. The van der Waals surface area contributed by atoms with Crippen LogP contribution in [0.15, 0.2) is 0 Å². The van der Waals surface area contributed by atoms with Crippen molar-refractivity contribution in [1.82, 2.24) is 4.90 Å². The maximum absolute atomic E-state index is 6.19. The molecule has 0 aromatic rings. The summed E-state index contributed by atoms with van der Waals surface area (Å²) in [5, 5.41) is 0. The molecule has 2 heterocycles. The molecule has 108 valence electrons. The first-order valence-electron chi connectivity index (χ1n) is 8.00. The summed E-state index contributed by atoms with van der Waals surface area (Å²) in [7, 11) is 0. The standard InChI is InChI=1S/C15H25NO3/c1-2-12-4-5-14(16-6-8-17-9-7-16)13(3-1)15(12)18-10-11-19-15/h12-14H,1-11H2. The molecule has 19 heavy (non-hydrogen) atoms. The molecule has 2 aliphatic heterocycles. The van der Waals surface area contributed by atoms with Crippen LogP contribution in [-0.4, -0.2) is 56.2 Å². The van der Waals surface area contributed by atoms with Crippen molar-refractivity contribution in [2.45, 2.75) is 43.9 Å². The predicted octanol–water partition coefficient (Wildman–Crippen LogP) is 1.64. The normalized spacial score (nSPS) is 42.6. The quantitative estimate of drug-likeness (QED) is 0.723. The maximum Gasteiger partial charge on any atom is 0.175 e. The molecule has 4 heteroatoms. The lowest BCUT2D eigenvalue weighted by Crippen LogP contribution is -2.61. The predicted molar refractivity (Wildman–Crippen MR) is 70.9 cm³/mol. The highest BCUT2D eigenvalue weighted by molar-refractivity contribution is 5.03. The lowest BCUT2D eigenvalue weighted by molar-refractivity contribution is -0.275. The minimum Gasteiger partial charge on any atom is -0.379 e. The van der Waals surface area contributed by atoms with Gasteiger partial charge in [0.05, 0.1) is 26.4 Å². The summed E-state index contributed by atoms with van der Waals surface area (Å²) in [5.41, 5.74) is 0. The molecule has 4 nitrogen and oxygen atoms in total. The van der Waals surface area contributed by atoms with Gasteiger partial charge in [0.2, 0.25) is 0 Å². The van der Waals surface area contributed by atoms with E-state index in [1.54, 1.807) is 0 Å². The number of hydrogen-bond acceptors (Lipinski definition) is 4. The molecule has 3 unspecified atom stereocenters. The van der Waals surface area contributed by atoms with E-state index in [-0.39, 0.29) is 5.79 Å². The molecular weight excluding hydrogens is 242 g/mol.